The van der Waals surface area contributed by atoms with Crippen molar-refractivity contribution in [3.8, 4) is 0 Å². The van der Waals surface area contributed by atoms with Gasteiger partial charge in [-0.25, -0.2) is 0 Å². The van der Waals surface area contributed by atoms with Crippen LogP contribution in [0.15, 0.2) is 0 Å². The van der Waals surface area contributed by atoms with Gasteiger partial charge in [-0.3, -0.25) is 4.79 Å². The fourth-order valence-corrected chi connectivity index (χ4v) is 2.64. The monoisotopic (exact) mass is 241 g/mol. The zero-order chi connectivity index (χ0) is 13.1. The minimum absolute atomic E-state index is 0.111. The average molecular weight is 241 g/mol. The Balaban J connectivity index is 2.32. The second-order valence-electron chi connectivity index (χ2n) is 6.39. The van der Waals surface area contributed by atoms with Crippen LogP contribution in [0.1, 0.15) is 33.1 Å². The maximum absolute atomic E-state index is 11.9. The van der Waals surface area contributed by atoms with Crippen LogP contribution in [0.4, 0.5) is 0 Å². The largest absolute Gasteiger partial charge is 0.355 e. The smallest absolute Gasteiger partial charge is 0.223 e. The lowest BCUT2D eigenvalue weighted by Gasteiger charge is -2.29. The second kappa shape index (κ2) is 5.83. The Labute approximate surface area is 105 Å². The predicted octanol–water partition coefficient (Wildman–Crippen LogP) is 0.818. The maximum Gasteiger partial charge on any atom is 0.223 e. The summed E-state index contributed by atoms with van der Waals surface area (Å²) >= 11 is 0. The Morgan fingerprint density at radius 1 is 1.41 bits per heavy atom. The molecule has 0 aromatic rings. The standard InChI is InChI=1S/C13H27N3O/c1-13(2,9-16(3)4)8-15-12(17)10-5-6-11(14)7-10/h10-11H,5-9,14H2,1-4H3,(H,15,17). The lowest BCUT2D eigenvalue weighted by Crippen LogP contribution is -2.41. The van der Waals surface area contributed by atoms with Crippen molar-refractivity contribution < 1.29 is 4.79 Å². The summed E-state index contributed by atoms with van der Waals surface area (Å²) in [5.41, 5.74) is 5.94. The van der Waals surface area contributed by atoms with Crippen LogP contribution in [-0.2, 0) is 4.79 Å². The van der Waals surface area contributed by atoms with Gasteiger partial charge in [0.1, 0.15) is 0 Å². The van der Waals surface area contributed by atoms with E-state index in [2.05, 4.69) is 38.2 Å². The first-order chi connectivity index (χ1) is 7.80. The number of hydrogen-bond donors (Lipinski definition) is 2. The quantitative estimate of drug-likeness (QED) is 0.749. The van der Waals surface area contributed by atoms with Gasteiger partial charge < -0.3 is 16.0 Å². The van der Waals surface area contributed by atoms with Gasteiger partial charge in [0, 0.05) is 25.0 Å². The molecule has 0 heterocycles. The molecule has 4 heteroatoms. The van der Waals surface area contributed by atoms with E-state index in [9.17, 15) is 4.79 Å². The first-order valence-electron chi connectivity index (χ1n) is 6.48. The second-order valence-corrected chi connectivity index (χ2v) is 6.39. The third-order valence-corrected chi connectivity index (χ3v) is 3.33. The molecule has 3 N–H and O–H groups in total. The van der Waals surface area contributed by atoms with E-state index in [1.54, 1.807) is 0 Å². The molecule has 1 fully saturated rings. The molecular weight excluding hydrogens is 214 g/mol. The van der Waals surface area contributed by atoms with E-state index in [0.717, 1.165) is 32.4 Å². The summed E-state index contributed by atoms with van der Waals surface area (Å²) in [7, 11) is 4.11. The molecule has 17 heavy (non-hydrogen) atoms. The number of amides is 1. The first kappa shape index (κ1) is 14.5. The Bertz CT molecular complexity index is 263. The molecule has 100 valence electrons. The molecule has 0 bridgehead atoms. The molecule has 0 aliphatic heterocycles. The van der Waals surface area contributed by atoms with Crippen LogP contribution in [-0.4, -0.2) is 44.0 Å². The van der Waals surface area contributed by atoms with Crippen LogP contribution in [0, 0.1) is 11.3 Å². The van der Waals surface area contributed by atoms with Crippen molar-refractivity contribution in [2.75, 3.05) is 27.2 Å². The van der Waals surface area contributed by atoms with Crippen LogP contribution >= 0.6 is 0 Å². The van der Waals surface area contributed by atoms with Crippen molar-refractivity contribution in [2.24, 2.45) is 17.1 Å². The molecule has 2 atom stereocenters. The highest BCUT2D eigenvalue weighted by molar-refractivity contribution is 5.79. The summed E-state index contributed by atoms with van der Waals surface area (Å²) in [6, 6.07) is 0.223. The molecule has 1 aliphatic rings. The summed E-state index contributed by atoms with van der Waals surface area (Å²) < 4.78 is 0. The lowest BCUT2D eigenvalue weighted by atomic mass is 9.92. The molecule has 1 aliphatic carbocycles. The Kier molecular flexibility index (Phi) is 4.95. The van der Waals surface area contributed by atoms with Gasteiger partial charge in [0.05, 0.1) is 0 Å². The summed E-state index contributed by atoms with van der Waals surface area (Å²) in [5.74, 6) is 0.324. The molecule has 0 radical (unpaired) electrons. The van der Waals surface area contributed by atoms with Gasteiger partial charge in [0.15, 0.2) is 0 Å². The van der Waals surface area contributed by atoms with Crippen molar-refractivity contribution in [2.45, 2.75) is 39.2 Å². The maximum atomic E-state index is 11.9. The van der Waals surface area contributed by atoms with E-state index in [1.807, 2.05) is 0 Å². The number of carbonyl (C=O) groups excluding carboxylic acids is 1. The Morgan fingerprint density at radius 2 is 2.06 bits per heavy atom. The molecule has 0 aromatic heterocycles. The first-order valence-corrected chi connectivity index (χ1v) is 6.48. The van der Waals surface area contributed by atoms with Gasteiger partial charge in [0.25, 0.3) is 0 Å². The molecule has 1 rings (SSSR count). The minimum atomic E-state index is 0.111. The zero-order valence-electron chi connectivity index (χ0n) is 11.6. The molecule has 4 nitrogen and oxygen atoms in total. The number of nitrogens with two attached hydrogens (primary N) is 1. The van der Waals surface area contributed by atoms with E-state index in [1.165, 1.54) is 0 Å². The number of rotatable bonds is 5. The van der Waals surface area contributed by atoms with Crippen molar-refractivity contribution in [3.05, 3.63) is 0 Å². The summed E-state index contributed by atoms with van der Waals surface area (Å²) in [5, 5.41) is 3.07. The van der Waals surface area contributed by atoms with Crippen molar-refractivity contribution in [1.29, 1.82) is 0 Å². The molecule has 0 saturated heterocycles. The lowest BCUT2D eigenvalue weighted by molar-refractivity contribution is -0.125. The molecule has 0 spiro atoms. The SMILES string of the molecule is CN(C)CC(C)(C)CNC(=O)C1CCC(N)C1. The summed E-state index contributed by atoms with van der Waals surface area (Å²) in [6.07, 6.45) is 2.78. The number of carbonyl (C=O) groups is 1. The van der Waals surface area contributed by atoms with Crippen molar-refractivity contribution >= 4 is 5.91 Å². The molecular formula is C13H27N3O. The molecule has 1 amide bonds. The van der Waals surface area contributed by atoms with Crippen LogP contribution in [0.3, 0.4) is 0 Å². The Morgan fingerprint density at radius 3 is 2.53 bits per heavy atom. The van der Waals surface area contributed by atoms with Gasteiger partial charge in [-0.1, -0.05) is 13.8 Å². The number of hydrogen-bond acceptors (Lipinski definition) is 3. The zero-order valence-corrected chi connectivity index (χ0v) is 11.6. The highest BCUT2D eigenvalue weighted by Gasteiger charge is 2.29. The number of nitrogens with one attached hydrogen (secondary N) is 1. The van der Waals surface area contributed by atoms with Crippen LogP contribution in [0.5, 0.6) is 0 Å². The van der Waals surface area contributed by atoms with Gasteiger partial charge >= 0.3 is 0 Å². The summed E-state index contributed by atoms with van der Waals surface area (Å²) in [6.45, 7) is 6.05. The summed E-state index contributed by atoms with van der Waals surface area (Å²) in [4.78, 5) is 14.1. The fourth-order valence-electron chi connectivity index (χ4n) is 2.64. The van der Waals surface area contributed by atoms with Gasteiger partial charge in [-0.2, -0.15) is 0 Å². The third kappa shape index (κ3) is 5.04. The van der Waals surface area contributed by atoms with Crippen molar-refractivity contribution in [1.82, 2.24) is 10.2 Å². The van der Waals surface area contributed by atoms with Crippen LogP contribution in [0.25, 0.3) is 0 Å². The van der Waals surface area contributed by atoms with Crippen LogP contribution < -0.4 is 11.1 Å². The van der Waals surface area contributed by atoms with E-state index in [-0.39, 0.29) is 23.3 Å². The Hall–Kier alpha value is -0.610. The highest BCUT2D eigenvalue weighted by Crippen LogP contribution is 2.24. The van der Waals surface area contributed by atoms with Gasteiger partial charge in [0.2, 0.25) is 5.91 Å². The third-order valence-electron chi connectivity index (χ3n) is 3.33. The predicted molar refractivity (Wildman–Crippen MR) is 70.7 cm³/mol. The topological polar surface area (TPSA) is 58.4 Å². The molecule has 1 saturated carbocycles. The van der Waals surface area contributed by atoms with Gasteiger partial charge in [-0.05, 0) is 38.8 Å². The average Bonchev–Trinajstić information content (AvgIpc) is 2.59. The van der Waals surface area contributed by atoms with Crippen molar-refractivity contribution in [3.63, 3.8) is 0 Å². The fraction of sp³-hybridized carbons (Fsp3) is 0.923. The van der Waals surface area contributed by atoms with E-state index >= 15 is 0 Å². The van der Waals surface area contributed by atoms with Gasteiger partial charge in [-0.15, -0.1) is 0 Å². The molecule has 2 unspecified atom stereocenters. The number of nitrogens with zero attached hydrogens (tertiary/aromatic N) is 1. The normalized spacial score (nSPS) is 25.3. The highest BCUT2D eigenvalue weighted by atomic mass is 16.1. The van der Waals surface area contributed by atoms with E-state index in [0.29, 0.717) is 0 Å². The van der Waals surface area contributed by atoms with E-state index < -0.39 is 0 Å². The van der Waals surface area contributed by atoms with E-state index in [4.69, 9.17) is 5.73 Å². The molecule has 0 aromatic carbocycles. The van der Waals surface area contributed by atoms with Crippen LogP contribution in [0.2, 0.25) is 0 Å². The minimum Gasteiger partial charge on any atom is -0.355 e.